The van der Waals surface area contributed by atoms with Gasteiger partial charge in [-0.1, -0.05) is 0 Å². The smallest absolute Gasteiger partial charge is 0.195 e. The Hall–Kier alpha value is -0.980. The van der Waals surface area contributed by atoms with Crippen molar-refractivity contribution in [3.63, 3.8) is 0 Å². The lowest BCUT2D eigenvalue weighted by molar-refractivity contribution is 0.187. The molecule has 0 fully saturated rings. The fourth-order valence-electron chi connectivity index (χ4n) is 1.50. The molecule has 1 N–H and O–H groups in total. The summed E-state index contributed by atoms with van der Waals surface area (Å²) in [5.41, 5.74) is 2.35. The Morgan fingerprint density at radius 2 is 2.38 bits per heavy atom. The third-order valence-corrected chi connectivity index (χ3v) is 3.55. The Bertz CT molecular complexity index is 526. The van der Waals surface area contributed by atoms with Crippen LogP contribution in [0.1, 0.15) is 5.56 Å². The summed E-state index contributed by atoms with van der Waals surface area (Å²) in [4.78, 5) is 0. The largest absolute Gasteiger partial charge is 0.383 e. The van der Waals surface area contributed by atoms with Gasteiger partial charge < -0.3 is 4.74 Å². The second-order valence-corrected chi connectivity index (χ2v) is 4.60. The van der Waals surface area contributed by atoms with Gasteiger partial charge in [0.2, 0.25) is 0 Å². The van der Waals surface area contributed by atoms with Crippen LogP contribution in [0.5, 0.6) is 0 Å². The summed E-state index contributed by atoms with van der Waals surface area (Å²) < 4.78 is 7.67. The summed E-state index contributed by atoms with van der Waals surface area (Å²) >= 11 is 6.87. The molecule has 0 saturated carbocycles. The summed E-state index contributed by atoms with van der Waals surface area (Å²) in [5.74, 6) is 0.890. The standard InChI is InChI=1S/C10H13N3OS2/c1-7-5-16-6-8(7)9-11-12-10(15)13(9)3-4-14-2/h5-6H,3-4H2,1-2H3,(H,12,15). The van der Waals surface area contributed by atoms with E-state index in [-0.39, 0.29) is 0 Å². The maximum absolute atomic E-state index is 5.20. The molecule has 2 aromatic rings. The minimum atomic E-state index is 0.629. The Labute approximate surface area is 103 Å². The van der Waals surface area contributed by atoms with E-state index in [1.807, 2.05) is 4.57 Å². The van der Waals surface area contributed by atoms with Gasteiger partial charge in [0, 0.05) is 18.1 Å². The zero-order chi connectivity index (χ0) is 11.5. The summed E-state index contributed by atoms with van der Waals surface area (Å²) in [7, 11) is 1.68. The number of hydrogen-bond donors (Lipinski definition) is 1. The third-order valence-electron chi connectivity index (χ3n) is 2.37. The quantitative estimate of drug-likeness (QED) is 0.854. The molecule has 0 aliphatic carbocycles. The molecule has 6 heteroatoms. The molecule has 0 unspecified atom stereocenters. The molecule has 2 rings (SSSR count). The first kappa shape index (κ1) is 11.5. The molecule has 0 atom stereocenters. The Morgan fingerprint density at radius 3 is 3.00 bits per heavy atom. The van der Waals surface area contributed by atoms with Crippen molar-refractivity contribution in [2.45, 2.75) is 13.5 Å². The van der Waals surface area contributed by atoms with Gasteiger partial charge in [0.25, 0.3) is 0 Å². The lowest BCUT2D eigenvalue weighted by Gasteiger charge is -2.05. The molecule has 0 aromatic carbocycles. The van der Waals surface area contributed by atoms with E-state index in [2.05, 4.69) is 27.9 Å². The first-order valence-electron chi connectivity index (χ1n) is 4.91. The van der Waals surface area contributed by atoms with Crippen LogP contribution in [0.15, 0.2) is 10.8 Å². The molecule has 16 heavy (non-hydrogen) atoms. The van der Waals surface area contributed by atoms with Crippen molar-refractivity contribution in [1.82, 2.24) is 14.8 Å². The van der Waals surface area contributed by atoms with Crippen molar-refractivity contribution < 1.29 is 4.74 Å². The second kappa shape index (κ2) is 4.90. The molecule has 0 saturated heterocycles. The highest BCUT2D eigenvalue weighted by molar-refractivity contribution is 7.71. The van der Waals surface area contributed by atoms with Crippen molar-refractivity contribution in [1.29, 1.82) is 0 Å². The van der Waals surface area contributed by atoms with Crippen molar-refractivity contribution in [2.75, 3.05) is 13.7 Å². The molecule has 0 bridgehead atoms. The Balaban J connectivity index is 2.42. The first-order valence-corrected chi connectivity index (χ1v) is 6.26. The fourth-order valence-corrected chi connectivity index (χ4v) is 2.55. The highest BCUT2D eigenvalue weighted by atomic mass is 32.1. The monoisotopic (exact) mass is 255 g/mol. The number of nitrogens with one attached hydrogen (secondary N) is 1. The summed E-state index contributed by atoms with van der Waals surface area (Å²) in [6.45, 7) is 3.42. The van der Waals surface area contributed by atoms with E-state index < -0.39 is 0 Å². The number of hydrogen-bond acceptors (Lipinski definition) is 4. The summed E-state index contributed by atoms with van der Waals surface area (Å²) in [6.07, 6.45) is 0. The van der Waals surface area contributed by atoms with Crippen molar-refractivity contribution in [3.8, 4) is 11.4 Å². The molecule has 4 nitrogen and oxygen atoms in total. The Kier molecular flexibility index (Phi) is 3.52. The van der Waals surface area contributed by atoms with E-state index in [0.717, 1.165) is 17.9 Å². The van der Waals surface area contributed by atoms with Gasteiger partial charge >= 0.3 is 0 Å². The molecule has 0 spiro atoms. The van der Waals surface area contributed by atoms with Gasteiger partial charge in [-0.05, 0) is 30.1 Å². The number of aromatic nitrogens is 3. The highest BCUT2D eigenvalue weighted by Crippen LogP contribution is 2.25. The Morgan fingerprint density at radius 1 is 1.56 bits per heavy atom. The number of thiophene rings is 1. The second-order valence-electron chi connectivity index (χ2n) is 3.47. The molecule has 0 radical (unpaired) electrons. The zero-order valence-corrected chi connectivity index (χ0v) is 10.8. The molecule has 0 aliphatic heterocycles. The number of ether oxygens (including phenoxy) is 1. The van der Waals surface area contributed by atoms with Crippen molar-refractivity contribution >= 4 is 23.6 Å². The number of rotatable bonds is 4. The highest BCUT2D eigenvalue weighted by Gasteiger charge is 2.11. The van der Waals surface area contributed by atoms with E-state index >= 15 is 0 Å². The lowest BCUT2D eigenvalue weighted by atomic mass is 10.2. The number of aromatic amines is 1. The van der Waals surface area contributed by atoms with E-state index in [1.165, 1.54) is 5.56 Å². The molecule has 2 aromatic heterocycles. The van der Waals surface area contributed by atoms with E-state index in [4.69, 9.17) is 17.0 Å². The molecule has 0 aliphatic rings. The van der Waals surface area contributed by atoms with Gasteiger partial charge in [-0.25, -0.2) is 0 Å². The van der Waals surface area contributed by atoms with Crippen LogP contribution in [0.25, 0.3) is 11.4 Å². The third kappa shape index (κ3) is 2.09. The van der Waals surface area contributed by atoms with E-state index in [9.17, 15) is 0 Å². The van der Waals surface area contributed by atoms with Gasteiger partial charge in [-0.2, -0.15) is 16.4 Å². The fraction of sp³-hybridized carbons (Fsp3) is 0.400. The van der Waals surface area contributed by atoms with Crippen LogP contribution in [0.2, 0.25) is 0 Å². The minimum absolute atomic E-state index is 0.629. The van der Waals surface area contributed by atoms with Crippen molar-refractivity contribution in [3.05, 3.63) is 21.1 Å². The van der Waals surface area contributed by atoms with E-state index in [0.29, 0.717) is 11.4 Å². The normalized spacial score (nSPS) is 10.9. The van der Waals surface area contributed by atoms with Gasteiger partial charge in [0.05, 0.1) is 13.2 Å². The summed E-state index contributed by atoms with van der Waals surface area (Å²) in [5, 5.41) is 11.3. The van der Waals surface area contributed by atoms with Crippen LogP contribution in [-0.4, -0.2) is 28.5 Å². The van der Waals surface area contributed by atoms with Crippen LogP contribution < -0.4 is 0 Å². The number of H-pyrrole nitrogens is 1. The maximum Gasteiger partial charge on any atom is 0.195 e. The SMILES string of the molecule is COCCn1c(-c2cscc2C)n[nH]c1=S. The van der Waals surface area contributed by atoms with Gasteiger partial charge in [0.15, 0.2) is 10.6 Å². The molecule has 86 valence electrons. The van der Waals surface area contributed by atoms with Crippen LogP contribution in [0.3, 0.4) is 0 Å². The average molecular weight is 255 g/mol. The topological polar surface area (TPSA) is 42.8 Å². The maximum atomic E-state index is 5.20. The molecular formula is C10H13N3OS2. The predicted molar refractivity (Wildman–Crippen MR) is 67.3 cm³/mol. The summed E-state index contributed by atoms with van der Waals surface area (Å²) in [6, 6.07) is 0. The molecular weight excluding hydrogens is 242 g/mol. The van der Waals surface area contributed by atoms with E-state index in [1.54, 1.807) is 18.4 Å². The zero-order valence-electron chi connectivity index (χ0n) is 9.19. The minimum Gasteiger partial charge on any atom is -0.383 e. The van der Waals surface area contributed by atoms with Gasteiger partial charge in [0.1, 0.15) is 0 Å². The molecule has 2 heterocycles. The predicted octanol–water partition coefficient (Wildman–Crippen LogP) is 2.62. The molecule has 0 amide bonds. The van der Waals surface area contributed by atoms with Crippen LogP contribution in [-0.2, 0) is 11.3 Å². The number of aryl methyl sites for hydroxylation is 1. The van der Waals surface area contributed by atoms with Crippen LogP contribution >= 0.6 is 23.6 Å². The first-order chi connectivity index (χ1) is 7.74. The van der Waals surface area contributed by atoms with Gasteiger partial charge in [-0.3, -0.25) is 9.67 Å². The average Bonchev–Trinajstić information content (AvgIpc) is 2.82. The number of methoxy groups -OCH3 is 1. The lowest BCUT2D eigenvalue weighted by Crippen LogP contribution is -2.06. The van der Waals surface area contributed by atoms with Crippen LogP contribution in [0, 0.1) is 11.7 Å². The number of nitrogens with zero attached hydrogens (tertiary/aromatic N) is 2. The van der Waals surface area contributed by atoms with Crippen molar-refractivity contribution in [2.24, 2.45) is 0 Å². The van der Waals surface area contributed by atoms with Gasteiger partial charge in [-0.15, -0.1) is 0 Å². The van der Waals surface area contributed by atoms with Crippen LogP contribution in [0.4, 0.5) is 0 Å².